The van der Waals surface area contributed by atoms with Gasteiger partial charge >= 0.3 is 5.63 Å². The third kappa shape index (κ3) is 4.83. The maximum Gasteiger partial charge on any atom is 0.349 e. The monoisotopic (exact) mass is 491 g/mol. The molecule has 2 aromatic carbocycles. The summed E-state index contributed by atoms with van der Waals surface area (Å²) in [6.45, 7) is 3.17. The molecule has 0 radical (unpaired) electrons. The van der Waals surface area contributed by atoms with E-state index >= 15 is 0 Å². The number of fused-ring (bicyclic) bond motifs is 1. The van der Waals surface area contributed by atoms with E-state index in [1.54, 1.807) is 36.6 Å². The van der Waals surface area contributed by atoms with Crippen molar-refractivity contribution >= 4 is 22.6 Å². The van der Waals surface area contributed by atoms with Crippen molar-refractivity contribution in [1.82, 2.24) is 10.2 Å². The standard InChI is InChI=1S/C27H26FN3O5/c1-34-24-5-2-4-18-16-21(27(33)36-25(18)24)26(32)29-17-22(23-6-3-15-35-23)31-13-11-30(12-14-31)20-9-7-19(28)8-10-20/h2-10,15-16,22H,11-14,17H2,1H3,(H,29,32). The Morgan fingerprint density at radius 3 is 2.56 bits per heavy atom. The van der Waals surface area contributed by atoms with Crippen LogP contribution in [0.4, 0.5) is 10.1 Å². The predicted molar refractivity (Wildman–Crippen MR) is 133 cm³/mol. The number of furan rings is 1. The average molecular weight is 492 g/mol. The summed E-state index contributed by atoms with van der Waals surface area (Å²) in [6.07, 6.45) is 1.60. The van der Waals surface area contributed by atoms with Crippen LogP contribution < -0.4 is 20.6 Å². The molecule has 0 saturated carbocycles. The maximum absolute atomic E-state index is 13.3. The Balaban J connectivity index is 1.29. The lowest BCUT2D eigenvalue weighted by molar-refractivity contribution is 0.0919. The number of halogens is 1. The van der Waals surface area contributed by atoms with Crippen LogP contribution >= 0.6 is 0 Å². The van der Waals surface area contributed by atoms with E-state index in [0.29, 0.717) is 16.7 Å². The fourth-order valence-corrected chi connectivity index (χ4v) is 4.56. The van der Waals surface area contributed by atoms with Crippen molar-refractivity contribution in [2.75, 3.05) is 44.7 Å². The van der Waals surface area contributed by atoms with E-state index in [2.05, 4.69) is 15.1 Å². The summed E-state index contributed by atoms with van der Waals surface area (Å²) >= 11 is 0. The molecule has 3 heterocycles. The average Bonchev–Trinajstić information content (AvgIpc) is 3.43. The number of methoxy groups -OCH3 is 1. The van der Waals surface area contributed by atoms with Gasteiger partial charge in [0.1, 0.15) is 17.1 Å². The van der Waals surface area contributed by atoms with Gasteiger partial charge in [0.15, 0.2) is 11.3 Å². The van der Waals surface area contributed by atoms with E-state index in [4.69, 9.17) is 13.6 Å². The molecule has 0 aliphatic carbocycles. The van der Waals surface area contributed by atoms with Crippen LogP contribution in [-0.2, 0) is 0 Å². The van der Waals surface area contributed by atoms with E-state index in [9.17, 15) is 14.0 Å². The van der Waals surface area contributed by atoms with Gasteiger partial charge in [0.2, 0.25) is 0 Å². The third-order valence-electron chi connectivity index (χ3n) is 6.46. The van der Waals surface area contributed by atoms with Gasteiger partial charge in [-0.25, -0.2) is 9.18 Å². The number of nitrogens with zero attached hydrogens (tertiary/aromatic N) is 2. The molecule has 1 fully saturated rings. The molecule has 4 aromatic rings. The van der Waals surface area contributed by atoms with Gasteiger partial charge in [-0.2, -0.15) is 0 Å². The molecule has 1 aliphatic rings. The summed E-state index contributed by atoms with van der Waals surface area (Å²) < 4.78 is 29.6. The summed E-state index contributed by atoms with van der Waals surface area (Å²) in [6, 6.07) is 16.7. The zero-order chi connectivity index (χ0) is 25.1. The van der Waals surface area contributed by atoms with Crippen LogP contribution in [0, 0.1) is 5.82 Å². The molecule has 1 N–H and O–H groups in total. The van der Waals surface area contributed by atoms with Crippen molar-refractivity contribution in [1.29, 1.82) is 0 Å². The highest BCUT2D eigenvalue weighted by Gasteiger charge is 2.28. The van der Waals surface area contributed by atoms with Crippen LogP contribution in [-0.4, -0.2) is 50.6 Å². The Morgan fingerprint density at radius 1 is 1.08 bits per heavy atom. The number of rotatable bonds is 7. The molecule has 0 spiro atoms. The molecule has 2 aromatic heterocycles. The van der Waals surface area contributed by atoms with Crippen LogP contribution in [0.25, 0.3) is 11.0 Å². The van der Waals surface area contributed by atoms with E-state index in [0.717, 1.165) is 37.6 Å². The zero-order valence-corrected chi connectivity index (χ0v) is 19.8. The topological polar surface area (TPSA) is 88.2 Å². The highest BCUT2D eigenvalue weighted by Crippen LogP contribution is 2.26. The second-order valence-corrected chi connectivity index (χ2v) is 8.57. The highest BCUT2D eigenvalue weighted by atomic mass is 19.1. The largest absolute Gasteiger partial charge is 0.493 e. The van der Waals surface area contributed by atoms with Crippen molar-refractivity contribution in [3.8, 4) is 5.75 Å². The Bertz CT molecular complexity index is 1390. The molecule has 186 valence electrons. The number of benzene rings is 2. The first-order chi connectivity index (χ1) is 17.5. The molecular weight excluding hydrogens is 465 g/mol. The van der Waals surface area contributed by atoms with Crippen molar-refractivity contribution < 1.29 is 22.8 Å². The van der Waals surface area contributed by atoms with E-state index < -0.39 is 11.5 Å². The van der Waals surface area contributed by atoms with Crippen molar-refractivity contribution in [3.05, 3.63) is 94.5 Å². The minimum Gasteiger partial charge on any atom is -0.493 e. The molecule has 1 aliphatic heterocycles. The number of ether oxygens (including phenoxy) is 1. The van der Waals surface area contributed by atoms with Gasteiger partial charge < -0.3 is 23.8 Å². The van der Waals surface area contributed by atoms with Crippen LogP contribution in [0.2, 0.25) is 0 Å². The van der Waals surface area contributed by atoms with E-state index in [1.165, 1.54) is 25.3 Å². The van der Waals surface area contributed by atoms with Gasteiger partial charge in [-0.3, -0.25) is 9.69 Å². The molecule has 0 bridgehead atoms. The van der Waals surface area contributed by atoms with Gasteiger partial charge in [0, 0.05) is 43.8 Å². The fourth-order valence-electron chi connectivity index (χ4n) is 4.56. The molecule has 36 heavy (non-hydrogen) atoms. The fraction of sp³-hybridized carbons (Fsp3) is 0.259. The number of nitrogens with one attached hydrogen (secondary N) is 1. The lowest BCUT2D eigenvalue weighted by Crippen LogP contribution is -2.50. The second kappa shape index (κ2) is 10.2. The maximum atomic E-state index is 13.3. The Hall–Kier alpha value is -4.11. The first-order valence-electron chi connectivity index (χ1n) is 11.7. The molecule has 5 rings (SSSR count). The minimum atomic E-state index is -0.730. The first-order valence-corrected chi connectivity index (χ1v) is 11.7. The van der Waals surface area contributed by atoms with Gasteiger partial charge in [0.05, 0.1) is 19.4 Å². The summed E-state index contributed by atoms with van der Waals surface area (Å²) in [5.74, 6) is 0.371. The van der Waals surface area contributed by atoms with Crippen LogP contribution in [0.1, 0.15) is 22.2 Å². The Labute approximate surface area is 206 Å². The SMILES string of the molecule is COc1cccc2cc(C(=O)NCC(c3ccco3)N3CCN(c4ccc(F)cc4)CC3)c(=O)oc12. The summed E-state index contributed by atoms with van der Waals surface area (Å²) in [4.78, 5) is 30.0. The van der Waals surface area contributed by atoms with Crippen LogP contribution in [0.3, 0.4) is 0 Å². The van der Waals surface area contributed by atoms with Gasteiger partial charge in [-0.05, 0) is 48.5 Å². The number of para-hydroxylation sites is 1. The number of hydrogen-bond acceptors (Lipinski definition) is 7. The van der Waals surface area contributed by atoms with E-state index in [1.807, 2.05) is 12.1 Å². The Kier molecular flexibility index (Phi) is 6.73. The summed E-state index contributed by atoms with van der Waals surface area (Å²) in [5, 5.41) is 3.48. The molecule has 1 atom stereocenters. The molecule has 1 unspecified atom stereocenters. The lowest BCUT2D eigenvalue weighted by atomic mass is 10.1. The van der Waals surface area contributed by atoms with Crippen LogP contribution in [0.5, 0.6) is 5.75 Å². The molecular formula is C27H26FN3O5. The molecule has 9 heteroatoms. The zero-order valence-electron chi connectivity index (χ0n) is 19.8. The lowest BCUT2D eigenvalue weighted by Gasteiger charge is -2.39. The minimum absolute atomic E-state index is 0.0740. The number of hydrogen-bond donors (Lipinski definition) is 1. The summed E-state index contributed by atoms with van der Waals surface area (Å²) in [5.41, 5.74) is 0.467. The number of carbonyl (C=O) groups excluding carboxylic acids is 1. The van der Waals surface area contributed by atoms with Crippen molar-refractivity contribution in [2.45, 2.75) is 6.04 Å². The number of amides is 1. The molecule has 8 nitrogen and oxygen atoms in total. The number of carbonyl (C=O) groups is 1. The Morgan fingerprint density at radius 2 is 1.86 bits per heavy atom. The third-order valence-corrected chi connectivity index (χ3v) is 6.46. The molecule has 1 amide bonds. The highest BCUT2D eigenvalue weighted by molar-refractivity contribution is 5.97. The normalized spacial score (nSPS) is 15.1. The predicted octanol–water partition coefficient (Wildman–Crippen LogP) is 3.83. The van der Waals surface area contributed by atoms with Crippen molar-refractivity contribution in [2.24, 2.45) is 0 Å². The smallest absolute Gasteiger partial charge is 0.349 e. The van der Waals surface area contributed by atoms with E-state index in [-0.39, 0.29) is 24.0 Å². The number of piperazine rings is 1. The van der Waals surface area contributed by atoms with Gasteiger partial charge in [-0.15, -0.1) is 0 Å². The van der Waals surface area contributed by atoms with Gasteiger partial charge in [-0.1, -0.05) is 12.1 Å². The first kappa shape index (κ1) is 23.6. The molecule has 1 saturated heterocycles. The van der Waals surface area contributed by atoms with Crippen LogP contribution in [0.15, 0.2) is 80.6 Å². The number of anilines is 1. The summed E-state index contributed by atoms with van der Waals surface area (Å²) in [7, 11) is 1.49. The quantitative estimate of drug-likeness (QED) is 0.393. The van der Waals surface area contributed by atoms with Gasteiger partial charge in [0.25, 0.3) is 5.91 Å². The second-order valence-electron chi connectivity index (χ2n) is 8.57. The van der Waals surface area contributed by atoms with Crippen molar-refractivity contribution in [3.63, 3.8) is 0 Å².